The summed E-state index contributed by atoms with van der Waals surface area (Å²) in [6.45, 7) is 1.70. The second-order valence-corrected chi connectivity index (χ2v) is 6.58. The van der Waals surface area contributed by atoms with Crippen LogP contribution in [0.2, 0.25) is 0 Å². The molecule has 0 atom stereocenters. The summed E-state index contributed by atoms with van der Waals surface area (Å²) in [5.74, 6) is -0.397. The first-order valence-electron chi connectivity index (χ1n) is 9.10. The Hall–Kier alpha value is -2.96. The third-order valence-corrected chi connectivity index (χ3v) is 4.64. The summed E-state index contributed by atoms with van der Waals surface area (Å²) in [5, 5.41) is 5.89. The molecule has 0 saturated carbocycles. The maximum Gasteiger partial charge on any atom is 0.317 e. The van der Waals surface area contributed by atoms with Crippen LogP contribution in [0, 0.1) is 5.82 Å². The van der Waals surface area contributed by atoms with Gasteiger partial charge in [-0.2, -0.15) is 0 Å². The first-order valence-corrected chi connectivity index (χ1v) is 9.10. The summed E-state index contributed by atoms with van der Waals surface area (Å²) in [6, 6.07) is 9.69. The molecular formula is C20H23FN4O2. The quantitative estimate of drug-likeness (QED) is 0.849. The summed E-state index contributed by atoms with van der Waals surface area (Å²) in [5.41, 5.74) is 1.52. The average molecular weight is 370 g/mol. The number of hydrogen-bond acceptors (Lipinski definition) is 3. The predicted molar refractivity (Wildman–Crippen MR) is 99.8 cm³/mol. The Bertz CT molecular complexity index is 759. The number of rotatable bonds is 5. The molecule has 6 nitrogen and oxygen atoms in total. The smallest absolute Gasteiger partial charge is 0.317 e. The van der Waals surface area contributed by atoms with Crippen molar-refractivity contribution in [2.24, 2.45) is 0 Å². The summed E-state index contributed by atoms with van der Waals surface area (Å²) in [4.78, 5) is 30.1. The fourth-order valence-electron chi connectivity index (χ4n) is 3.07. The van der Waals surface area contributed by atoms with Gasteiger partial charge in [0.2, 0.25) is 0 Å². The van der Waals surface area contributed by atoms with Crippen LogP contribution < -0.4 is 10.6 Å². The van der Waals surface area contributed by atoms with Gasteiger partial charge in [0, 0.05) is 38.1 Å². The highest BCUT2D eigenvalue weighted by Crippen LogP contribution is 2.11. The van der Waals surface area contributed by atoms with E-state index in [1.807, 2.05) is 0 Å². The largest absolute Gasteiger partial charge is 0.349 e. The summed E-state index contributed by atoms with van der Waals surface area (Å²) >= 11 is 0. The van der Waals surface area contributed by atoms with E-state index in [0.29, 0.717) is 31.6 Å². The van der Waals surface area contributed by atoms with Crippen LogP contribution in [0.5, 0.6) is 0 Å². The molecule has 142 valence electrons. The first kappa shape index (κ1) is 18.8. The van der Waals surface area contributed by atoms with Gasteiger partial charge in [-0.1, -0.05) is 12.1 Å². The number of nitrogens with zero attached hydrogens (tertiary/aromatic N) is 2. The van der Waals surface area contributed by atoms with Crippen LogP contribution in [-0.2, 0) is 6.42 Å². The number of halogens is 1. The first-order chi connectivity index (χ1) is 13.1. The van der Waals surface area contributed by atoms with Crippen LogP contribution in [0.3, 0.4) is 0 Å². The molecule has 7 heteroatoms. The van der Waals surface area contributed by atoms with Gasteiger partial charge in [-0.3, -0.25) is 9.78 Å². The van der Waals surface area contributed by atoms with Crippen LogP contribution in [0.1, 0.15) is 28.8 Å². The molecule has 0 aliphatic carbocycles. The number of pyridine rings is 1. The maximum atomic E-state index is 12.9. The molecule has 0 bridgehead atoms. The van der Waals surface area contributed by atoms with Crippen molar-refractivity contribution in [3.8, 4) is 0 Å². The Labute approximate surface area is 157 Å². The lowest BCUT2D eigenvalue weighted by molar-refractivity contribution is 0.0917. The lowest BCUT2D eigenvalue weighted by atomic mass is 10.0. The molecule has 2 aromatic rings. The molecule has 2 heterocycles. The van der Waals surface area contributed by atoms with Crippen LogP contribution in [0.25, 0.3) is 0 Å². The number of aromatic nitrogens is 1. The lowest BCUT2D eigenvalue weighted by Crippen LogP contribution is -2.49. The van der Waals surface area contributed by atoms with E-state index in [0.717, 1.165) is 18.4 Å². The molecule has 0 spiro atoms. The number of likely N-dealkylation sites (tertiary alicyclic amines) is 1. The fraction of sp³-hybridized carbons (Fsp3) is 0.350. The normalized spacial score (nSPS) is 14.6. The number of piperidine rings is 1. The standard InChI is InChI=1S/C20H23FN4O2/c21-17-5-3-15(4-6-17)7-11-23-20(27)25-12-8-18(9-13-25)24-19(26)16-2-1-10-22-14-16/h1-6,10,14,18H,7-9,11-13H2,(H,23,27)(H,24,26). The van der Waals surface area contributed by atoms with Crippen molar-refractivity contribution in [2.45, 2.75) is 25.3 Å². The molecule has 1 fully saturated rings. The lowest BCUT2D eigenvalue weighted by Gasteiger charge is -2.32. The van der Waals surface area contributed by atoms with Gasteiger partial charge in [-0.25, -0.2) is 9.18 Å². The SMILES string of the molecule is O=C(NC1CCN(C(=O)NCCc2ccc(F)cc2)CC1)c1cccnc1. The van der Waals surface area contributed by atoms with Gasteiger partial charge in [-0.05, 0) is 49.1 Å². The second kappa shape index (κ2) is 9.12. The molecule has 1 aromatic heterocycles. The van der Waals surface area contributed by atoms with Gasteiger partial charge in [-0.15, -0.1) is 0 Å². The molecule has 1 saturated heterocycles. The van der Waals surface area contributed by atoms with Crippen molar-refractivity contribution in [3.05, 3.63) is 65.7 Å². The molecule has 0 radical (unpaired) electrons. The molecule has 1 aliphatic heterocycles. The monoisotopic (exact) mass is 370 g/mol. The van der Waals surface area contributed by atoms with Crippen molar-refractivity contribution < 1.29 is 14.0 Å². The van der Waals surface area contributed by atoms with Crippen molar-refractivity contribution in [1.29, 1.82) is 0 Å². The number of amides is 3. The molecular weight excluding hydrogens is 347 g/mol. The van der Waals surface area contributed by atoms with Crippen molar-refractivity contribution in [1.82, 2.24) is 20.5 Å². The Balaban J connectivity index is 1.37. The Kier molecular flexibility index (Phi) is 6.35. The van der Waals surface area contributed by atoms with E-state index in [-0.39, 0.29) is 23.8 Å². The third-order valence-electron chi connectivity index (χ3n) is 4.64. The molecule has 27 heavy (non-hydrogen) atoms. The molecule has 1 aromatic carbocycles. The van der Waals surface area contributed by atoms with E-state index in [9.17, 15) is 14.0 Å². The van der Waals surface area contributed by atoms with Gasteiger partial charge >= 0.3 is 6.03 Å². The zero-order valence-electron chi connectivity index (χ0n) is 15.0. The van der Waals surface area contributed by atoms with Crippen LogP contribution >= 0.6 is 0 Å². The average Bonchev–Trinajstić information content (AvgIpc) is 2.70. The number of urea groups is 1. The Morgan fingerprint density at radius 3 is 2.56 bits per heavy atom. The van der Waals surface area contributed by atoms with Gasteiger partial charge in [0.1, 0.15) is 5.82 Å². The van der Waals surface area contributed by atoms with Gasteiger partial charge in [0.05, 0.1) is 5.56 Å². The number of carbonyl (C=O) groups is 2. The summed E-state index contributed by atoms with van der Waals surface area (Å²) in [6.07, 6.45) is 5.27. The Morgan fingerprint density at radius 2 is 1.89 bits per heavy atom. The van der Waals surface area contributed by atoms with Crippen molar-refractivity contribution >= 4 is 11.9 Å². The molecule has 2 N–H and O–H groups in total. The number of nitrogens with one attached hydrogen (secondary N) is 2. The predicted octanol–water partition coefficient (Wildman–Crippen LogP) is 2.37. The van der Waals surface area contributed by atoms with Crippen LogP contribution in [0.4, 0.5) is 9.18 Å². The van der Waals surface area contributed by atoms with E-state index in [4.69, 9.17) is 0 Å². The van der Waals surface area contributed by atoms with Gasteiger partial charge in [0.25, 0.3) is 5.91 Å². The molecule has 3 rings (SSSR count). The van der Waals surface area contributed by atoms with E-state index >= 15 is 0 Å². The zero-order chi connectivity index (χ0) is 19.1. The fourth-order valence-corrected chi connectivity index (χ4v) is 3.07. The van der Waals surface area contributed by atoms with E-state index in [1.54, 1.807) is 41.6 Å². The number of carbonyl (C=O) groups excluding carboxylic acids is 2. The molecule has 0 unspecified atom stereocenters. The second-order valence-electron chi connectivity index (χ2n) is 6.58. The van der Waals surface area contributed by atoms with Crippen LogP contribution in [-0.4, -0.2) is 47.5 Å². The highest BCUT2D eigenvalue weighted by Gasteiger charge is 2.24. The third kappa shape index (κ3) is 5.51. The van der Waals surface area contributed by atoms with E-state index < -0.39 is 0 Å². The van der Waals surface area contributed by atoms with Crippen molar-refractivity contribution in [3.63, 3.8) is 0 Å². The minimum atomic E-state index is -0.263. The van der Waals surface area contributed by atoms with Crippen molar-refractivity contribution in [2.75, 3.05) is 19.6 Å². The van der Waals surface area contributed by atoms with Gasteiger partial charge in [0.15, 0.2) is 0 Å². The molecule has 3 amide bonds. The van der Waals surface area contributed by atoms with E-state index in [1.165, 1.54) is 12.1 Å². The summed E-state index contributed by atoms with van der Waals surface area (Å²) < 4.78 is 12.9. The zero-order valence-corrected chi connectivity index (χ0v) is 15.0. The highest BCUT2D eigenvalue weighted by atomic mass is 19.1. The highest BCUT2D eigenvalue weighted by molar-refractivity contribution is 5.94. The summed E-state index contributed by atoms with van der Waals surface area (Å²) in [7, 11) is 0. The van der Waals surface area contributed by atoms with E-state index in [2.05, 4.69) is 15.6 Å². The Morgan fingerprint density at radius 1 is 1.15 bits per heavy atom. The molecule has 1 aliphatic rings. The number of hydrogen-bond donors (Lipinski definition) is 2. The minimum absolute atomic E-state index is 0.0565. The minimum Gasteiger partial charge on any atom is -0.349 e. The maximum absolute atomic E-state index is 12.9. The van der Waals surface area contributed by atoms with Crippen LogP contribution in [0.15, 0.2) is 48.8 Å². The number of benzene rings is 1. The topological polar surface area (TPSA) is 74.3 Å². The van der Waals surface area contributed by atoms with Gasteiger partial charge < -0.3 is 15.5 Å².